The molecule has 104 valence electrons. The maximum Gasteiger partial charge on any atom is 0.245 e. The van der Waals surface area contributed by atoms with Crippen LogP contribution < -0.4 is 5.32 Å². The fourth-order valence-corrected chi connectivity index (χ4v) is 3.20. The number of nitrogens with one attached hydrogen (secondary N) is 1. The quantitative estimate of drug-likeness (QED) is 0.918. The van der Waals surface area contributed by atoms with Crippen molar-refractivity contribution in [1.82, 2.24) is 10.2 Å². The van der Waals surface area contributed by atoms with Gasteiger partial charge >= 0.3 is 0 Å². The van der Waals surface area contributed by atoms with E-state index < -0.39 is 0 Å². The summed E-state index contributed by atoms with van der Waals surface area (Å²) in [5, 5.41) is 2.82. The molecule has 1 aromatic rings. The lowest BCUT2D eigenvalue weighted by Gasteiger charge is -2.23. The SMILES string of the molecule is CCCC1NC(=O)CCN(Cc2ccc(C)s2)C1=O. The van der Waals surface area contributed by atoms with Gasteiger partial charge in [-0.3, -0.25) is 9.59 Å². The Morgan fingerprint density at radius 3 is 2.84 bits per heavy atom. The van der Waals surface area contributed by atoms with E-state index in [-0.39, 0.29) is 17.9 Å². The average molecular weight is 280 g/mol. The highest BCUT2D eigenvalue weighted by Gasteiger charge is 2.29. The van der Waals surface area contributed by atoms with Gasteiger partial charge in [0.2, 0.25) is 11.8 Å². The predicted molar refractivity (Wildman–Crippen MR) is 75.9 cm³/mol. The molecule has 1 saturated heterocycles. The number of thiophene rings is 1. The Morgan fingerprint density at radius 2 is 2.21 bits per heavy atom. The van der Waals surface area contributed by atoms with Gasteiger partial charge in [-0.1, -0.05) is 13.3 Å². The molecule has 0 saturated carbocycles. The van der Waals surface area contributed by atoms with Crippen LogP contribution in [0.4, 0.5) is 0 Å². The van der Waals surface area contributed by atoms with Gasteiger partial charge in [-0.25, -0.2) is 0 Å². The molecular formula is C14H20N2O2S. The van der Waals surface area contributed by atoms with Crippen LogP contribution in [0.1, 0.15) is 35.9 Å². The number of hydrogen-bond donors (Lipinski definition) is 1. The maximum atomic E-state index is 12.4. The second-order valence-electron chi connectivity index (χ2n) is 4.93. The molecule has 0 bridgehead atoms. The summed E-state index contributed by atoms with van der Waals surface area (Å²) in [6.45, 7) is 5.22. The van der Waals surface area contributed by atoms with Crippen molar-refractivity contribution in [1.29, 1.82) is 0 Å². The molecule has 1 N–H and O–H groups in total. The number of amides is 2. The van der Waals surface area contributed by atoms with Gasteiger partial charge in [0.15, 0.2) is 0 Å². The van der Waals surface area contributed by atoms with Gasteiger partial charge in [-0.15, -0.1) is 11.3 Å². The van der Waals surface area contributed by atoms with Gasteiger partial charge in [0.25, 0.3) is 0 Å². The Labute approximate surface area is 117 Å². The molecule has 1 aliphatic heterocycles. The monoisotopic (exact) mass is 280 g/mol. The summed E-state index contributed by atoms with van der Waals surface area (Å²) >= 11 is 1.71. The van der Waals surface area contributed by atoms with Crippen molar-refractivity contribution in [2.24, 2.45) is 0 Å². The lowest BCUT2D eigenvalue weighted by Crippen LogP contribution is -2.44. The van der Waals surface area contributed by atoms with Crippen LogP contribution in [0, 0.1) is 6.92 Å². The summed E-state index contributed by atoms with van der Waals surface area (Å²) in [6.07, 6.45) is 2.00. The molecule has 0 spiro atoms. The van der Waals surface area contributed by atoms with Crippen molar-refractivity contribution < 1.29 is 9.59 Å². The van der Waals surface area contributed by atoms with Gasteiger partial charge < -0.3 is 10.2 Å². The van der Waals surface area contributed by atoms with E-state index in [4.69, 9.17) is 0 Å². The van der Waals surface area contributed by atoms with Crippen molar-refractivity contribution in [2.75, 3.05) is 6.54 Å². The Kier molecular flexibility index (Phi) is 4.58. The molecule has 1 aromatic heterocycles. The lowest BCUT2D eigenvalue weighted by atomic mass is 10.1. The number of nitrogens with zero attached hydrogens (tertiary/aromatic N) is 1. The van der Waals surface area contributed by atoms with Crippen LogP contribution in [-0.4, -0.2) is 29.3 Å². The second-order valence-corrected chi connectivity index (χ2v) is 6.30. The molecule has 1 fully saturated rings. The second kappa shape index (κ2) is 6.19. The summed E-state index contributed by atoms with van der Waals surface area (Å²) in [6, 6.07) is 3.78. The molecule has 1 aliphatic rings. The fraction of sp³-hybridized carbons (Fsp3) is 0.571. The van der Waals surface area contributed by atoms with Crippen LogP contribution in [-0.2, 0) is 16.1 Å². The van der Waals surface area contributed by atoms with Crippen LogP contribution in [0.2, 0.25) is 0 Å². The van der Waals surface area contributed by atoms with Gasteiger partial charge in [0.1, 0.15) is 6.04 Å². The molecule has 19 heavy (non-hydrogen) atoms. The van der Waals surface area contributed by atoms with Gasteiger partial charge in [0, 0.05) is 22.7 Å². The first-order chi connectivity index (χ1) is 9.10. The van der Waals surface area contributed by atoms with Crippen LogP contribution >= 0.6 is 11.3 Å². The van der Waals surface area contributed by atoms with E-state index in [0.717, 1.165) is 6.42 Å². The fourth-order valence-electron chi connectivity index (χ4n) is 2.29. The summed E-state index contributed by atoms with van der Waals surface area (Å²) in [4.78, 5) is 28.3. The minimum atomic E-state index is -0.346. The first kappa shape index (κ1) is 14.1. The van der Waals surface area contributed by atoms with Gasteiger partial charge in [-0.2, -0.15) is 0 Å². The van der Waals surface area contributed by atoms with Crippen molar-refractivity contribution >= 4 is 23.2 Å². The lowest BCUT2D eigenvalue weighted by molar-refractivity contribution is -0.134. The topological polar surface area (TPSA) is 49.4 Å². The molecule has 2 rings (SSSR count). The van der Waals surface area contributed by atoms with E-state index in [1.807, 2.05) is 11.8 Å². The summed E-state index contributed by atoms with van der Waals surface area (Å²) < 4.78 is 0. The highest BCUT2D eigenvalue weighted by atomic mass is 32.1. The number of aryl methyl sites for hydroxylation is 1. The van der Waals surface area contributed by atoms with Crippen LogP contribution in [0.15, 0.2) is 12.1 Å². The number of carbonyl (C=O) groups excluding carboxylic acids is 2. The summed E-state index contributed by atoms with van der Waals surface area (Å²) in [7, 11) is 0. The largest absolute Gasteiger partial charge is 0.344 e. The number of carbonyl (C=O) groups is 2. The van der Waals surface area contributed by atoms with Crippen LogP contribution in [0.5, 0.6) is 0 Å². The molecule has 4 nitrogen and oxygen atoms in total. The van der Waals surface area contributed by atoms with E-state index in [1.54, 1.807) is 11.3 Å². The van der Waals surface area contributed by atoms with Crippen molar-refractivity contribution in [3.8, 4) is 0 Å². The molecule has 0 aromatic carbocycles. The van der Waals surface area contributed by atoms with E-state index in [2.05, 4.69) is 24.4 Å². The predicted octanol–water partition coefficient (Wildman–Crippen LogP) is 2.07. The minimum absolute atomic E-state index is 0.0170. The van der Waals surface area contributed by atoms with E-state index in [0.29, 0.717) is 25.9 Å². The third-order valence-electron chi connectivity index (χ3n) is 3.27. The first-order valence-corrected chi connectivity index (χ1v) is 7.55. The molecule has 5 heteroatoms. The van der Waals surface area contributed by atoms with Crippen molar-refractivity contribution in [2.45, 2.75) is 45.7 Å². The Balaban J connectivity index is 2.09. The van der Waals surface area contributed by atoms with Gasteiger partial charge in [0.05, 0.1) is 6.54 Å². The summed E-state index contributed by atoms with van der Waals surface area (Å²) in [5.41, 5.74) is 0. The zero-order chi connectivity index (χ0) is 13.8. The number of rotatable bonds is 4. The Hall–Kier alpha value is -1.36. The van der Waals surface area contributed by atoms with Crippen molar-refractivity contribution in [3.05, 3.63) is 21.9 Å². The Bertz CT molecular complexity index is 470. The molecule has 1 unspecified atom stereocenters. The zero-order valence-electron chi connectivity index (χ0n) is 11.4. The normalized spacial score (nSPS) is 20.3. The highest BCUT2D eigenvalue weighted by Crippen LogP contribution is 2.19. The molecular weight excluding hydrogens is 260 g/mol. The van der Waals surface area contributed by atoms with E-state index in [9.17, 15) is 9.59 Å². The Morgan fingerprint density at radius 1 is 1.42 bits per heavy atom. The third kappa shape index (κ3) is 3.56. The maximum absolute atomic E-state index is 12.4. The standard InChI is InChI=1S/C14H20N2O2S/c1-3-4-12-14(18)16(8-7-13(17)15-12)9-11-6-5-10(2)19-11/h5-6,12H,3-4,7-9H2,1-2H3,(H,15,17). The molecule has 0 radical (unpaired) electrons. The highest BCUT2D eigenvalue weighted by molar-refractivity contribution is 7.11. The third-order valence-corrected chi connectivity index (χ3v) is 4.26. The van der Waals surface area contributed by atoms with Crippen molar-refractivity contribution in [3.63, 3.8) is 0 Å². The average Bonchev–Trinajstić information content (AvgIpc) is 2.73. The summed E-state index contributed by atoms with van der Waals surface area (Å²) in [5.74, 6) is 0.0374. The van der Waals surface area contributed by atoms with E-state index in [1.165, 1.54) is 9.75 Å². The smallest absolute Gasteiger partial charge is 0.245 e. The van der Waals surface area contributed by atoms with Crippen LogP contribution in [0.3, 0.4) is 0 Å². The zero-order valence-corrected chi connectivity index (χ0v) is 12.3. The molecule has 0 aliphatic carbocycles. The van der Waals surface area contributed by atoms with Crippen LogP contribution in [0.25, 0.3) is 0 Å². The number of hydrogen-bond acceptors (Lipinski definition) is 3. The van der Waals surface area contributed by atoms with E-state index >= 15 is 0 Å². The first-order valence-electron chi connectivity index (χ1n) is 6.73. The molecule has 1 atom stereocenters. The van der Waals surface area contributed by atoms with Gasteiger partial charge in [-0.05, 0) is 25.5 Å². The molecule has 2 heterocycles. The minimum Gasteiger partial charge on any atom is -0.344 e. The molecule has 2 amide bonds.